The monoisotopic (exact) mass is 455 g/mol. The van der Waals surface area contributed by atoms with Crippen molar-refractivity contribution in [2.24, 2.45) is 0 Å². The van der Waals surface area contributed by atoms with Gasteiger partial charge in [-0.05, 0) is 47.5 Å². The number of anilines is 2. The first-order valence-electron chi connectivity index (χ1n) is 11.5. The normalized spacial score (nSPS) is 11.1. The Morgan fingerprint density at radius 3 is 1.17 bits per heavy atom. The molecule has 0 aliphatic rings. The van der Waals surface area contributed by atoms with Crippen LogP contribution in [-0.4, -0.2) is 5.78 Å². The maximum atomic E-state index is 11.6. The molecule has 0 unspecified atom stereocenters. The lowest BCUT2D eigenvalue weighted by molar-refractivity contribution is -0.110. The standard InChI is InChI=1S/C21H18O.C12H11N/c22-21(17-9-7-15-19-11-3-1-4-12-19)18-10-8-16-20-13-5-2-6-14-20;1-3-7-11(8-4-1)13-12-9-5-2-6-10-12/h1-18H;1-10,13H. The van der Waals surface area contributed by atoms with Gasteiger partial charge < -0.3 is 5.32 Å². The first kappa shape index (κ1) is 24.9. The molecular formula is C33H29NO. The van der Waals surface area contributed by atoms with E-state index >= 15 is 0 Å². The molecule has 0 atom stereocenters. The van der Waals surface area contributed by atoms with Crippen LogP contribution in [0.5, 0.6) is 0 Å². The highest BCUT2D eigenvalue weighted by molar-refractivity contribution is 5.99. The summed E-state index contributed by atoms with van der Waals surface area (Å²) in [5.41, 5.74) is 4.46. The summed E-state index contributed by atoms with van der Waals surface area (Å²) in [7, 11) is 0. The molecule has 0 bridgehead atoms. The summed E-state index contributed by atoms with van der Waals surface area (Å²) in [6.07, 6.45) is 14.2. The van der Waals surface area contributed by atoms with Gasteiger partial charge in [-0.1, -0.05) is 134 Å². The minimum atomic E-state index is -0.0320. The molecule has 2 nitrogen and oxygen atoms in total. The average Bonchev–Trinajstić information content (AvgIpc) is 2.92. The summed E-state index contributed by atoms with van der Waals surface area (Å²) in [5.74, 6) is -0.0320. The number of rotatable bonds is 8. The summed E-state index contributed by atoms with van der Waals surface area (Å²) in [6, 6.07) is 40.2. The van der Waals surface area contributed by atoms with Gasteiger partial charge in [0.1, 0.15) is 0 Å². The van der Waals surface area contributed by atoms with Gasteiger partial charge in [0.2, 0.25) is 0 Å². The van der Waals surface area contributed by atoms with Crippen molar-refractivity contribution >= 4 is 29.3 Å². The first-order chi connectivity index (χ1) is 17.3. The predicted molar refractivity (Wildman–Crippen MR) is 150 cm³/mol. The summed E-state index contributed by atoms with van der Waals surface area (Å²) in [5, 5.41) is 3.30. The number of hydrogen-bond acceptors (Lipinski definition) is 2. The number of para-hydroxylation sites is 2. The van der Waals surface area contributed by atoms with E-state index in [2.05, 4.69) is 5.32 Å². The zero-order valence-electron chi connectivity index (χ0n) is 19.6. The smallest absolute Gasteiger partial charge is 0.178 e. The molecule has 4 rings (SSSR count). The number of nitrogens with one attached hydrogen (secondary N) is 1. The predicted octanol–water partition coefficient (Wildman–Crippen LogP) is 8.52. The Bertz CT molecular complexity index is 1140. The highest BCUT2D eigenvalue weighted by atomic mass is 16.1. The molecule has 0 aromatic heterocycles. The highest BCUT2D eigenvalue weighted by Gasteiger charge is 1.90. The van der Waals surface area contributed by atoms with E-state index in [1.54, 1.807) is 24.3 Å². The molecule has 0 heterocycles. The molecule has 0 saturated heterocycles. The number of allylic oxidation sites excluding steroid dienone is 6. The van der Waals surface area contributed by atoms with Crippen LogP contribution in [0.1, 0.15) is 11.1 Å². The van der Waals surface area contributed by atoms with Crippen molar-refractivity contribution in [3.63, 3.8) is 0 Å². The highest BCUT2D eigenvalue weighted by Crippen LogP contribution is 2.14. The van der Waals surface area contributed by atoms with Crippen molar-refractivity contribution < 1.29 is 4.79 Å². The van der Waals surface area contributed by atoms with Gasteiger partial charge in [-0.2, -0.15) is 0 Å². The van der Waals surface area contributed by atoms with Crippen LogP contribution in [0.15, 0.2) is 158 Å². The maximum Gasteiger partial charge on any atom is 0.178 e. The van der Waals surface area contributed by atoms with Crippen LogP contribution in [0, 0.1) is 0 Å². The lowest BCUT2D eigenvalue weighted by Crippen LogP contribution is -1.87. The number of carbonyl (C=O) groups is 1. The molecule has 0 aliphatic heterocycles. The average molecular weight is 456 g/mol. The second-order valence-electron chi connectivity index (χ2n) is 7.52. The van der Waals surface area contributed by atoms with Gasteiger partial charge in [0.25, 0.3) is 0 Å². The van der Waals surface area contributed by atoms with E-state index in [9.17, 15) is 4.79 Å². The van der Waals surface area contributed by atoms with Gasteiger partial charge >= 0.3 is 0 Å². The molecule has 0 fully saturated rings. The quantitative estimate of drug-likeness (QED) is 0.213. The van der Waals surface area contributed by atoms with Crippen LogP contribution in [0.25, 0.3) is 12.2 Å². The third-order valence-electron chi connectivity index (χ3n) is 4.76. The van der Waals surface area contributed by atoms with Crippen molar-refractivity contribution in [2.75, 3.05) is 5.32 Å². The molecule has 4 aromatic rings. The molecule has 0 spiro atoms. The number of carbonyl (C=O) groups excluding carboxylic acids is 1. The van der Waals surface area contributed by atoms with Crippen molar-refractivity contribution in [3.05, 3.63) is 169 Å². The fraction of sp³-hybridized carbons (Fsp3) is 0. The summed E-state index contributed by atoms with van der Waals surface area (Å²) >= 11 is 0. The minimum Gasteiger partial charge on any atom is -0.356 e. The molecule has 2 heteroatoms. The van der Waals surface area contributed by atoms with Crippen molar-refractivity contribution in [2.45, 2.75) is 0 Å². The Hall–Kier alpha value is -4.69. The summed E-state index contributed by atoms with van der Waals surface area (Å²) in [4.78, 5) is 11.6. The fourth-order valence-electron chi connectivity index (χ4n) is 3.03. The van der Waals surface area contributed by atoms with E-state index in [1.165, 1.54) is 0 Å². The largest absolute Gasteiger partial charge is 0.356 e. The molecule has 0 aliphatic carbocycles. The molecule has 4 aromatic carbocycles. The van der Waals surface area contributed by atoms with Crippen molar-refractivity contribution in [3.8, 4) is 0 Å². The number of hydrogen-bond donors (Lipinski definition) is 1. The van der Waals surface area contributed by atoms with Gasteiger partial charge in [0.15, 0.2) is 5.78 Å². The van der Waals surface area contributed by atoms with Gasteiger partial charge in [-0.25, -0.2) is 0 Å². The maximum absolute atomic E-state index is 11.6. The van der Waals surface area contributed by atoms with E-state index in [0.29, 0.717) is 0 Å². The SMILES string of the molecule is O=C(C=CC=Cc1ccccc1)C=CC=Cc1ccccc1.c1ccc(Nc2ccccc2)cc1. The van der Waals surface area contributed by atoms with E-state index in [0.717, 1.165) is 22.5 Å². The molecule has 0 amide bonds. The summed E-state index contributed by atoms with van der Waals surface area (Å²) < 4.78 is 0. The minimum absolute atomic E-state index is 0.0320. The molecule has 172 valence electrons. The van der Waals surface area contributed by atoms with E-state index < -0.39 is 0 Å². The third-order valence-corrected chi connectivity index (χ3v) is 4.76. The Balaban J connectivity index is 0.000000223. The molecular weight excluding hydrogens is 426 g/mol. The van der Waals surface area contributed by atoms with Crippen LogP contribution in [0.4, 0.5) is 11.4 Å². The van der Waals surface area contributed by atoms with E-state index in [4.69, 9.17) is 0 Å². The molecule has 0 radical (unpaired) electrons. The molecule has 0 saturated carbocycles. The Kier molecular flexibility index (Phi) is 10.8. The zero-order chi connectivity index (χ0) is 24.4. The van der Waals surface area contributed by atoms with Gasteiger partial charge in [-0.3, -0.25) is 4.79 Å². The number of benzene rings is 4. The fourth-order valence-corrected chi connectivity index (χ4v) is 3.03. The van der Waals surface area contributed by atoms with Gasteiger partial charge in [-0.15, -0.1) is 0 Å². The lowest BCUT2D eigenvalue weighted by Gasteiger charge is -2.04. The van der Waals surface area contributed by atoms with Crippen LogP contribution in [0.3, 0.4) is 0 Å². The van der Waals surface area contributed by atoms with Crippen LogP contribution in [0.2, 0.25) is 0 Å². The van der Waals surface area contributed by atoms with Crippen LogP contribution >= 0.6 is 0 Å². The Morgan fingerprint density at radius 1 is 0.457 bits per heavy atom. The second kappa shape index (κ2) is 15.2. The topological polar surface area (TPSA) is 29.1 Å². The molecule has 1 N–H and O–H groups in total. The van der Waals surface area contributed by atoms with Gasteiger partial charge in [0.05, 0.1) is 0 Å². The van der Waals surface area contributed by atoms with Crippen LogP contribution < -0.4 is 5.32 Å². The van der Waals surface area contributed by atoms with Crippen molar-refractivity contribution in [1.82, 2.24) is 0 Å². The second-order valence-corrected chi connectivity index (χ2v) is 7.52. The third kappa shape index (κ3) is 10.6. The molecule has 35 heavy (non-hydrogen) atoms. The van der Waals surface area contributed by atoms with Gasteiger partial charge in [0, 0.05) is 11.4 Å². The van der Waals surface area contributed by atoms with Crippen LogP contribution in [-0.2, 0) is 4.79 Å². The Labute approximate surface area is 208 Å². The lowest BCUT2D eigenvalue weighted by atomic mass is 10.2. The zero-order valence-corrected chi connectivity index (χ0v) is 19.6. The first-order valence-corrected chi connectivity index (χ1v) is 11.5. The van der Waals surface area contributed by atoms with E-state index in [-0.39, 0.29) is 5.78 Å². The van der Waals surface area contributed by atoms with E-state index in [1.807, 2.05) is 146 Å². The Morgan fingerprint density at radius 2 is 0.800 bits per heavy atom. The summed E-state index contributed by atoms with van der Waals surface area (Å²) in [6.45, 7) is 0. The number of ketones is 1. The van der Waals surface area contributed by atoms with Crippen molar-refractivity contribution in [1.29, 1.82) is 0 Å².